The molecule has 1 heterocycles. The fourth-order valence-electron chi connectivity index (χ4n) is 4.95. The molecule has 5 aromatic carbocycles. The molecule has 5 aromatic rings. The molecule has 36 heavy (non-hydrogen) atoms. The zero-order valence-electron chi connectivity index (χ0n) is 19.0. The smallest absolute Gasteiger partial charge is 0.268 e. The highest BCUT2D eigenvalue weighted by Crippen LogP contribution is 2.43. The van der Waals surface area contributed by atoms with E-state index in [2.05, 4.69) is 15.9 Å². The summed E-state index contributed by atoms with van der Waals surface area (Å²) in [6.45, 7) is 1.90. The largest absolute Gasteiger partial charge is 0.278 e. The van der Waals surface area contributed by atoms with E-state index < -0.39 is 16.7 Å². The van der Waals surface area contributed by atoms with Crippen molar-refractivity contribution in [2.24, 2.45) is 0 Å². The van der Waals surface area contributed by atoms with E-state index in [1.807, 2.05) is 49.4 Å². The maximum atomic E-state index is 13.7. The van der Waals surface area contributed by atoms with Crippen LogP contribution in [0, 0.1) is 17.0 Å². The standard InChI is InChI=1S/C29H17BrN2O4/c1-16-13-19(10-12-24(16)30)26-21-7-4-8-22-27(21)23(15-25(26)32(35)36)29(34)31(28(22)33)20-11-9-17-5-2-3-6-18(17)14-20/h2-15H,1H3. The van der Waals surface area contributed by atoms with Crippen LogP contribution in [0.1, 0.15) is 26.3 Å². The number of amides is 2. The number of nitro benzene ring substituents is 1. The monoisotopic (exact) mass is 536 g/mol. The summed E-state index contributed by atoms with van der Waals surface area (Å²) in [6, 6.07) is 24.9. The summed E-state index contributed by atoms with van der Waals surface area (Å²) in [5.74, 6) is -1.04. The number of aryl methyl sites for hydroxylation is 1. The summed E-state index contributed by atoms with van der Waals surface area (Å²) < 4.78 is 0.882. The van der Waals surface area contributed by atoms with E-state index in [0.29, 0.717) is 33.2 Å². The molecule has 174 valence electrons. The zero-order valence-corrected chi connectivity index (χ0v) is 20.6. The number of hydrogen-bond donors (Lipinski definition) is 0. The van der Waals surface area contributed by atoms with Gasteiger partial charge in [0.15, 0.2) is 0 Å². The molecule has 7 heteroatoms. The van der Waals surface area contributed by atoms with Crippen molar-refractivity contribution in [2.75, 3.05) is 4.90 Å². The third-order valence-electron chi connectivity index (χ3n) is 6.64. The minimum absolute atomic E-state index is 0.137. The summed E-state index contributed by atoms with van der Waals surface area (Å²) in [5.41, 5.74) is 2.65. The molecule has 0 unspecified atom stereocenters. The second-order valence-electron chi connectivity index (χ2n) is 8.74. The molecular formula is C29H17BrN2O4. The quantitative estimate of drug-likeness (QED) is 0.136. The first-order valence-corrected chi connectivity index (χ1v) is 12.0. The van der Waals surface area contributed by atoms with E-state index in [0.717, 1.165) is 25.7 Å². The van der Waals surface area contributed by atoms with Crippen LogP contribution in [0.5, 0.6) is 0 Å². The van der Waals surface area contributed by atoms with Gasteiger partial charge in [0.25, 0.3) is 17.5 Å². The van der Waals surface area contributed by atoms with Crippen molar-refractivity contribution < 1.29 is 14.5 Å². The summed E-state index contributed by atoms with van der Waals surface area (Å²) in [5, 5.41) is 15.0. The van der Waals surface area contributed by atoms with Crippen LogP contribution in [0.3, 0.4) is 0 Å². The number of hydrogen-bond acceptors (Lipinski definition) is 4. The number of nitrogens with zero attached hydrogens (tertiary/aromatic N) is 2. The number of fused-ring (bicyclic) bond motifs is 1. The minimum Gasteiger partial charge on any atom is -0.268 e. The molecule has 0 bridgehead atoms. The second kappa shape index (κ2) is 8.10. The molecular weight excluding hydrogens is 520 g/mol. The van der Waals surface area contributed by atoms with Gasteiger partial charge in [0.05, 0.1) is 21.7 Å². The van der Waals surface area contributed by atoms with Crippen LogP contribution in [0.25, 0.3) is 32.7 Å². The number of carbonyl (C=O) groups excluding carboxylic acids is 2. The Morgan fingerprint density at radius 1 is 0.806 bits per heavy atom. The Morgan fingerprint density at radius 3 is 2.31 bits per heavy atom. The number of nitro groups is 1. The van der Waals surface area contributed by atoms with Gasteiger partial charge in [0.1, 0.15) is 0 Å². The second-order valence-corrected chi connectivity index (χ2v) is 9.60. The molecule has 0 saturated carbocycles. The van der Waals surface area contributed by atoms with Crippen molar-refractivity contribution >= 4 is 60.7 Å². The Balaban J connectivity index is 1.62. The van der Waals surface area contributed by atoms with Crippen LogP contribution >= 0.6 is 15.9 Å². The Bertz CT molecular complexity index is 1790. The van der Waals surface area contributed by atoms with Gasteiger partial charge in [-0.2, -0.15) is 0 Å². The molecule has 0 fully saturated rings. The van der Waals surface area contributed by atoms with Crippen molar-refractivity contribution in [1.82, 2.24) is 0 Å². The first-order chi connectivity index (χ1) is 17.3. The number of halogens is 1. The fraction of sp³-hybridized carbons (Fsp3) is 0.0345. The lowest BCUT2D eigenvalue weighted by molar-refractivity contribution is -0.384. The molecule has 2 amide bonds. The minimum atomic E-state index is -0.583. The topological polar surface area (TPSA) is 80.5 Å². The Labute approximate surface area is 214 Å². The molecule has 0 aromatic heterocycles. The number of imide groups is 1. The van der Waals surface area contributed by atoms with Gasteiger partial charge in [0.2, 0.25) is 0 Å². The maximum absolute atomic E-state index is 13.7. The van der Waals surface area contributed by atoms with E-state index >= 15 is 0 Å². The molecule has 0 atom stereocenters. The first kappa shape index (κ1) is 22.1. The van der Waals surface area contributed by atoms with E-state index in [4.69, 9.17) is 0 Å². The van der Waals surface area contributed by atoms with Crippen LogP contribution in [0.4, 0.5) is 11.4 Å². The fourth-order valence-corrected chi connectivity index (χ4v) is 5.19. The number of carbonyl (C=O) groups is 2. The summed E-state index contributed by atoms with van der Waals surface area (Å²) in [7, 11) is 0. The third-order valence-corrected chi connectivity index (χ3v) is 7.53. The van der Waals surface area contributed by atoms with E-state index in [1.54, 1.807) is 36.4 Å². The van der Waals surface area contributed by atoms with Gasteiger partial charge in [-0.15, -0.1) is 0 Å². The third kappa shape index (κ3) is 3.24. The Morgan fingerprint density at radius 2 is 1.56 bits per heavy atom. The summed E-state index contributed by atoms with van der Waals surface area (Å²) in [4.78, 5) is 40.3. The van der Waals surface area contributed by atoms with Gasteiger partial charge in [-0.25, -0.2) is 4.90 Å². The molecule has 1 aliphatic rings. The molecule has 0 saturated heterocycles. The van der Waals surface area contributed by atoms with Crippen molar-refractivity contribution in [2.45, 2.75) is 6.92 Å². The number of rotatable bonds is 3. The van der Waals surface area contributed by atoms with Crippen molar-refractivity contribution in [3.05, 3.63) is 116 Å². The van der Waals surface area contributed by atoms with Gasteiger partial charge in [0, 0.05) is 21.5 Å². The lowest BCUT2D eigenvalue weighted by atomic mass is 9.87. The highest BCUT2D eigenvalue weighted by molar-refractivity contribution is 9.10. The molecule has 0 spiro atoms. The van der Waals surface area contributed by atoms with Crippen LogP contribution < -0.4 is 4.90 Å². The highest BCUT2D eigenvalue weighted by Gasteiger charge is 2.37. The van der Waals surface area contributed by atoms with Crippen molar-refractivity contribution in [3.8, 4) is 11.1 Å². The lowest BCUT2D eigenvalue weighted by Gasteiger charge is -2.28. The zero-order chi connectivity index (χ0) is 25.1. The van der Waals surface area contributed by atoms with E-state index in [-0.39, 0.29) is 11.3 Å². The highest BCUT2D eigenvalue weighted by atomic mass is 79.9. The van der Waals surface area contributed by atoms with Gasteiger partial charge in [-0.3, -0.25) is 19.7 Å². The predicted octanol–water partition coefficient (Wildman–Crippen LogP) is 7.44. The van der Waals surface area contributed by atoms with E-state index in [1.165, 1.54) is 6.07 Å². The van der Waals surface area contributed by atoms with Crippen LogP contribution in [-0.4, -0.2) is 16.7 Å². The van der Waals surface area contributed by atoms with Gasteiger partial charge < -0.3 is 0 Å². The van der Waals surface area contributed by atoms with Gasteiger partial charge in [-0.05, 0) is 58.5 Å². The van der Waals surface area contributed by atoms with Crippen LogP contribution in [0.15, 0.2) is 89.4 Å². The predicted molar refractivity (Wildman–Crippen MR) is 144 cm³/mol. The van der Waals surface area contributed by atoms with Crippen molar-refractivity contribution in [1.29, 1.82) is 0 Å². The summed E-state index contributed by atoms with van der Waals surface area (Å²) in [6.07, 6.45) is 0. The molecule has 6 rings (SSSR count). The Hall–Kier alpha value is -4.36. The number of anilines is 1. The summed E-state index contributed by atoms with van der Waals surface area (Å²) >= 11 is 3.47. The van der Waals surface area contributed by atoms with Crippen molar-refractivity contribution in [3.63, 3.8) is 0 Å². The maximum Gasteiger partial charge on any atom is 0.278 e. The van der Waals surface area contributed by atoms with Crippen LogP contribution in [0.2, 0.25) is 0 Å². The average Bonchev–Trinajstić information content (AvgIpc) is 2.88. The lowest BCUT2D eigenvalue weighted by Crippen LogP contribution is -2.40. The molecule has 0 radical (unpaired) electrons. The van der Waals surface area contributed by atoms with E-state index in [9.17, 15) is 19.7 Å². The van der Waals surface area contributed by atoms with Crippen LogP contribution in [-0.2, 0) is 0 Å². The van der Waals surface area contributed by atoms with Gasteiger partial charge >= 0.3 is 0 Å². The molecule has 6 nitrogen and oxygen atoms in total. The molecule has 0 aliphatic carbocycles. The number of benzene rings is 5. The first-order valence-electron chi connectivity index (χ1n) is 11.2. The SMILES string of the molecule is Cc1cc(-c2c([N+](=O)[O-])cc3c4c(cccc24)C(=O)N(c2ccc4ccccc4c2)C3=O)ccc1Br. The molecule has 1 aliphatic heterocycles. The molecule has 0 N–H and O–H groups in total. The Kier molecular flexibility index (Phi) is 4.98. The van der Waals surface area contributed by atoms with Gasteiger partial charge in [-0.1, -0.05) is 70.5 Å². The average molecular weight is 537 g/mol. The normalized spacial score (nSPS) is 13.0.